The van der Waals surface area contributed by atoms with Gasteiger partial charge in [-0.1, -0.05) is 13.3 Å². The predicted molar refractivity (Wildman–Crippen MR) is 54.8 cm³/mol. The number of carbonyl (C=O) groups excluding carboxylic acids is 1. The van der Waals surface area contributed by atoms with E-state index >= 15 is 0 Å². The molecule has 0 radical (unpaired) electrons. The fourth-order valence-electron chi connectivity index (χ4n) is 3.17. The summed E-state index contributed by atoms with van der Waals surface area (Å²) in [4.78, 5) is 10.9. The number of hydrogen-bond acceptors (Lipinski definition) is 2. The second-order valence-corrected chi connectivity index (χ2v) is 5.04. The molecule has 80 valence electrons. The average molecular weight is 196 g/mol. The van der Waals surface area contributed by atoms with Crippen LogP contribution in [0.3, 0.4) is 0 Å². The van der Waals surface area contributed by atoms with E-state index in [0.29, 0.717) is 5.92 Å². The van der Waals surface area contributed by atoms with E-state index in [4.69, 9.17) is 4.74 Å². The SMILES string of the molecule is CC(=O)OC1CCC2CC1CCC2C. The van der Waals surface area contributed by atoms with Gasteiger partial charge < -0.3 is 4.74 Å². The van der Waals surface area contributed by atoms with Crippen molar-refractivity contribution in [1.82, 2.24) is 0 Å². The molecule has 0 aromatic rings. The van der Waals surface area contributed by atoms with Crippen LogP contribution in [0.25, 0.3) is 0 Å². The Morgan fingerprint density at radius 2 is 1.86 bits per heavy atom. The van der Waals surface area contributed by atoms with Crippen molar-refractivity contribution in [2.75, 3.05) is 0 Å². The Balaban J connectivity index is 1.95. The summed E-state index contributed by atoms with van der Waals surface area (Å²) in [5, 5.41) is 0. The molecular formula is C12H20O2. The molecule has 2 nitrogen and oxygen atoms in total. The van der Waals surface area contributed by atoms with Crippen molar-refractivity contribution in [2.45, 2.75) is 52.1 Å². The van der Waals surface area contributed by atoms with Gasteiger partial charge in [-0.2, -0.15) is 0 Å². The van der Waals surface area contributed by atoms with Crippen molar-refractivity contribution in [3.8, 4) is 0 Å². The van der Waals surface area contributed by atoms with Crippen LogP contribution in [0.5, 0.6) is 0 Å². The molecule has 4 unspecified atom stereocenters. The quantitative estimate of drug-likeness (QED) is 0.603. The first-order valence-electron chi connectivity index (χ1n) is 5.84. The molecule has 0 spiro atoms. The molecule has 2 saturated carbocycles. The highest BCUT2D eigenvalue weighted by Gasteiger charge is 2.38. The maximum atomic E-state index is 10.9. The summed E-state index contributed by atoms with van der Waals surface area (Å²) >= 11 is 0. The van der Waals surface area contributed by atoms with Crippen LogP contribution >= 0.6 is 0 Å². The molecule has 2 bridgehead atoms. The zero-order chi connectivity index (χ0) is 10.1. The summed E-state index contributed by atoms with van der Waals surface area (Å²) in [6.45, 7) is 3.89. The third-order valence-electron chi connectivity index (χ3n) is 4.07. The summed E-state index contributed by atoms with van der Waals surface area (Å²) in [7, 11) is 0. The van der Waals surface area contributed by atoms with Gasteiger partial charge in [0.2, 0.25) is 0 Å². The summed E-state index contributed by atoms with van der Waals surface area (Å²) in [6.07, 6.45) is 6.47. The number of esters is 1. The van der Waals surface area contributed by atoms with E-state index in [1.54, 1.807) is 0 Å². The number of ether oxygens (including phenoxy) is 1. The largest absolute Gasteiger partial charge is 0.462 e. The average Bonchev–Trinajstić information content (AvgIpc) is 2.14. The molecule has 2 heteroatoms. The van der Waals surface area contributed by atoms with Crippen LogP contribution in [0.1, 0.15) is 46.0 Å². The van der Waals surface area contributed by atoms with Gasteiger partial charge in [0.1, 0.15) is 6.10 Å². The van der Waals surface area contributed by atoms with Gasteiger partial charge in [0.05, 0.1) is 0 Å². The molecule has 0 aliphatic heterocycles. The van der Waals surface area contributed by atoms with Crippen molar-refractivity contribution in [1.29, 1.82) is 0 Å². The highest BCUT2D eigenvalue weighted by atomic mass is 16.5. The van der Waals surface area contributed by atoms with Crippen molar-refractivity contribution in [2.24, 2.45) is 17.8 Å². The molecule has 2 fully saturated rings. The van der Waals surface area contributed by atoms with Crippen LogP contribution in [-0.4, -0.2) is 12.1 Å². The van der Waals surface area contributed by atoms with Gasteiger partial charge in [0.15, 0.2) is 0 Å². The van der Waals surface area contributed by atoms with Gasteiger partial charge in [-0.15, -0.1) is 0 Å². The van der Waals surface area contributed by atoms with E-state index in [2.05, 4.69) is 6.92 Å². The van der Waals surface area contributed by atoms with Gasteiger partial charge in [-0.25, -0.2) is 0 Å². The van der Waals surface area contributed by atoms with Gasteiger partial charge in [-0.3, -0.25) is 4.79 Å². The topological polar surface area (TPSA) is 26.3 Å². The molecule has 2 aliphatic carbocycles. The summed E-state index contributed by atoms with van der Waals surface area (Å²) in [5.41, 5.74) is 0. The highest BCUT2D eigenvalue weighted by molar-refractivity contribution is 5.66. The molecule has 0 heterocycles. The summed E-state index contributed by atoms with van der Waals surface area (Å²) in [6, 6.07) is 0. The Kier molecular flexibility index (Phi) is 2.80. The van der Waals surface area contributed by atoms with Gasteiger partial charge in [0, 0.05) is 6.92 Å². The second kappa shape index (κ2) is 3.92. The summed E-state index contributed by atoms with van der Waals surface area (Å²) in [5.74, 6) is 2.35. The van der Waals surface area contributed by atoms with Crippen LogP contribution in [0.2, 0.25) is 0 Å². The van der Waals surface area contributed by atoms with Crippen LogP contribution < -0.4 is 0 Å². The lowest BCUT2D eigenvalue weighted by Gasteiger charge is -2.42. The van der Waals surface area contributed by atoms with Gasteiger partial charge in [-0.05, 0) is 43.4 Å². The standard InChI is InChI=1S/C12H20O2/c1-8-3-4-11-7-10(8)5-6-12(11)14-9(2)13/h8,10-12H,3-7H2,1-2H3. The minimum Gasteiger partial charge on any atom is -0.462 e. The van der Waals surface area contributed by atoms with E-state index in [1.807, 2.05) is 0 Å². The van der Waals surface area contributed by atoms with E-state index < -0.39 is 0 Å². The second-order valence-electron chi connectivity index (χ2n) is 5.04. The Bertz CT molecular complexity index is 224. The first kappa shape index (κ1) is 10.0. The van der Waals surface area contributed by atoms with Crippen molar-refractivity contribution >= 4 is 5.97 Å². The van der Waals surface area contributed by atoms with Crippen LogP contribution in [0, 0.1) is 17.8 Å². The monoisotopic (exact) mass is 196 g/mol. The first-order valence-corrected chi connectivity index (χ1v) is 5.84. The third-order valence-corrected chi connectivity index (χ3v) is 4.07. The molecule has 2 rings (SSSR count). The van der Waals surface area contributed by atoms with E-state index in [0.717, 1.165) is 18.3 Å². The number of fused-ring (bicyclic) bond motifs is 2. The number of rotatable bonds is 1. The predicted octanol–water partition coefficient (Wildman–Crippen LogP) is 2.76. The fraction of sp³-hybridized carbons (Fsp3) is 0.917. The van der Waals surface area contributed by atoms with Crippen LogP contribution in [0.15, 0.2) is 0 Å². The lowest BCUT2D eigenvalue weighted by molar-refractivity contribution is -0.153. The summed E-state index contributed by atoms with van der Waals surface area (Å²) < 4.78 is 5.37. The molecular weight excluding hydrogens is 176 g/mol. The minimum atomic E-state index is -0.105. The Labute approximate surface area is 86.0 Å². The first-order chi connectivity index (χ1) is 6.66. The molecule has 0 saturated heterocycles. The molecule has 4 atom stereocenters. The van der Waals surface area contributed by atoms with E-state index in [1.165, 1.54) is 32.6 Å². The molecule has 0 amide bonds. The van der Waals surface area contributed by atoms with Crippen molar-refractivity contribution in [3.63, 3.8) is 0 Å². The van der Waals surface area contributed by atoms with E-state index in [-0.39, 0.29) is 12.1 Å². The zero-order valence-corrected chi connectivity index (χ0v) is 9.16. The van der Waals surface area contributed by atoms with Crippen molar-refractivity contribution in [3.05, 3.63) is 0 Å². The van der Waals surface area contributed by atoms with Crippen LogP contribution in [-0.2, 0) is 9.53 Å². The normalized spacial score (nSPS) is 41.9. The Morgan fingerprint density at radius 3 is 2.57 bits per heavy atom. The van der Waals surface area contributed by atoms with Gasteiger partial charge in [0.25, 0.3) is 0 Å². The minimum absolute atomic E-state index is 0.105. The maximum Gasteiger partial charge on any atom is 0.302 e. The Morgan fingerprint density at radius 1 is 1.14 bits per heavy atom. The zero-order valence-electron chi connectivity index (χ0n) is 9.16. The molecule has 14 heavy (non-hydrogen) atoms. The molecule has 0 N–H and O–H groups in total. The maximum absolute atomic E-state index is 10.9. The number of hydrogen-bond donors (Lipinski definition) is 0. The smallest absolute Gasteiger partial charge is 0.302 e. The molecule has 2 aliphatic rings. The third kappa shape index (κ3) is 1.94. The number of carbonyl (C=O) groups is 1. The fourth-order valence-corrected chi connectivity index (χ4v) is 3.17. The van der Waals surface area contributed by atoms with Gasteiger partial charge >= 0.3 is 5.97 Å². The van der Waals surface area contributed by atoms with Crippen molar-refractivity contribution < 1.29 is 9.53 Å². The lowest BCUT2D eigenvalue weighted by Crippen LogP contribution is -2.38. The van der Waals surface area contributed by atoms with Crippen LogP contribution in [0.4, 0.5) is 0 Å². The molecule has 0 aromatic carbocycles. The highest BCUT2D eigenvalue weighted by Crippen LogP contribution is 2.44. The Hall–Kier alpha value is -0.530. The molecule has 0 aromatic heterocycles. The lowest BCUT2D eigenvalue weighted by atomic mass is 9.66. The van der Waals surface area contributed by atoms with E-state index in [9.17, 15) is 4.79 Å².